The minimum absolute atomic E-state index is 0.313. The van der Waals surface area contributed by atoms with E-state index >= 15 is 0 Å². The van der Waals surface area contributed by atoms with E-state index in [1.165, 1.54) is 42.6 Å². The third-order valence-corrected chi connectivity index (χ3v) is 7.21. The van der Waals surface area contributed by atoms with Gasteiger partial charge in [0.05, 0.1) is 7.11 Å². The molecule has 3 nitrogen and oxygen atoms in total. The van der Waals surface area contributed by atoms with Gasteiger partial charge in [-0.05, 0) is 60.7 Å². The number of ether oxygens (including phenoxy) is 1. The van der Waals surface area contributed by atoms with Crippen LogP contribution >= 0.6 is 0 Å². The van der Waals surface area contributed by atoms with Crippen molar-refractivity contribution in [1.82, 2.24) is 10.2 Å². The van der Waals surface area contributed by atoms with Crippen molar-refractivity contribution in [3.63, 3.8) is 0 Å². The lowest BCUT2D eigenvalue weighted by Crippen LogP contribution is -2.64. The molecule has 31 heavy (non-hydrogen) atoms. The molecule has 0 radical (unpaired) electrons. The molecule has 3 heteroatoms. The molecule has 0 unspecified atom stereocenters. The van der Waals surface area contributed by atoms with Crippen LogP contribution in [0.5, 0.6) is 5.75 Å². The van der Waals surface area contributed by atoms with E-state index in [0.717, 1.165) is 18.2 Å². The first kappa shape index (κ1) is 20.3. The Bertz CT molecular complexity index is 967. The Kier molecular flexibility index (Phi) is 6.06. The molecule has 2 bridgehead atoms. The Morgan fingerprint density at radius 1 is 0.871 bits per heavy atom. The van der Waals surface area contributed by atoms with E-state index in [1.54, 1.807) is 7.11 Å². The number of benzene rings is 3. The van der Waals surface area contributed by atoms with E-state index in [4.69, 9.17) is 4.74 Å². The third kappa shape index (κ3) is 4.26. The highest BCUT2D eigenvalue weighted by molar-refractivity contribution is 5.40. The van der Waals surface area contributed by atoms with Crippen molar-refractivity contribution in [2.75, 3.05) is 20.2 Å². The molecule has 0 aliphatic carbocycles. The van der Waals surface area contributed by atoms with E-state index in [-0.39, 0.29) is 0 Å². The summed E-state index contributed by atoms with van der Waals surface area (Å²) in [5.41, 5.74) is 4.09. The van der Waals surface area contributed by atoms with Crippen LogP contribution in [0.4, 0.5) is 0 Å². The first-order chi connectivity index (χ1) is 15.3. The molecule has 0 amide bonds. The topological polar surface area (TPSA) is 24.5 Å². The van der Waals surface area contributed by atoms with E-state index in [0.29, 0.717) is 18.0 Å². The fourth-order valence-electron chi connectivity index (χ4n) is 5.70. The third-order valence-electron chi connectivity index (χ3n) is 7.21. The van der Waals surface area contributed by atoms with Gasteiger partial charge in [0.2, 0.25) is 0 Å². The Balaban J connectivity index is 1.52. The Morgan fingerprint density at radius 3 is 2.26 bits per heavy atom. The fourth-order valence-corrected chi connectivity index (χ4v) is 5.70. The van der Waals surface area contributed by atoms with Crippen LogP contribution in [0.1, 0.15) is 35.4 Å². The highest BCUT2D eigenvalue weighted by atomic mass is 16.5. The van der Waals surface area contributed by atoms with Gasteiger partial charge in [0.1, 0.15) is 5.75 Å². The number of nitrogens with zero attached hydrogens (tertiary/aromatic N) is 1. The maximum absolute atomic E-state index is 5.59. The summed E-state index contributed by atoms with van der Waals surface area (Å²) in [6, 6.07) is 31.4. The summed E-state index contributed by atoms with van der Waals surface area (Å²) in [5.74, 6) is 1.98. The maximum atomic E-state index is 5.59. The lowest BCUT2D eigenvalue weighted by atomic mass is 9.70. The van der Waals surface area contributed by atoms with Crippen LogP contribution in [0.2, 0.25) is 0 Å². The van der Waals surface area contributed by atoms with Crippen LogP contribution in [0.25, 0.3) is 0 Å². The predicted molar refractivity (Wildman–Crippen MR) is 126 cm³/mol. The molecular formula is C28H32N2O. The molecule has 3 saturated heterocycles. The number of fused-ring (bicyclic) bond motifs is 3. The van der Waals surface area contributed by atoms with Gasteiger partial charge in [-0.2, -0.15) is 0 Å². The van der Waals surface area contributed by atoms with Crippen molar-refractivity contribution < 1.29 is 4.74 Å². The van der Waals surface area contributed by atoms with Gasteiger partial charge in [-0.15, -0.1) is 0 Å². The molecule has 3 heterocycles. The second kappa shape index (κ2) is 9.25. The lowest BCUT2D eigenvalue weighted by molar-refractivity contribution is 0.00466. The van der Waals surface area contributed by atoms with Crippen LogP contribution in [0, 0.1) is 5.92 Å². The molecule has 3 aliphatic heterocycles. The quantitative estimate of drug-likeness (QED) is 0.586. The van der Waals surface area contributed by atoms with Crippen LogP contribution < -0.4 is 10.1 Å². The van der Waals surface area contributed by atoms with E-state index in [1.807, 2.05) is 6.07 Å². The fraction of sp³-hybridized carbons (Fsp3) is 0.357. The van der Waals surface area contributed by atoms with E-state index < -0.39 is 0 Å². The van der Waals surface area contributed by atoms with Gasteiger partial charge in [-0.1, -0.05) is 72.8 Å². The summed E-state index contributed by atoms with van der Waals surface area (Å²) < 4.78 is 5.59. The van der Waals surface area contributed by atoms with Gasteiger partial charge in [-0.3, -0.25) is 4.90 Å². The van der Waals surface area contributed by atoms with Gasteiger partial charge in [-0.25, -0.2) is 0 Å². The second-order valence-corrected chi connectivity index (χ2v) is 8.92. The molecule has 160 valence electrons. The lowest BCUT2D eigenvalue weighted by Gasteiger charge is -2.54. The first-order valence-electron chi connectivity index (χ1n) is 11.5. The summed E-state index contributed by atoms with van der Waals surface area (Å²) in [5, 5.41) is 4.00. The molecule has 0 aromatic heterocycles. The SMILES string of the molecule is COc1cccc([C@H](c2ccccc2)[C@@H]2[C@H](NCc3ccccc3)C3CCN2CC3)c1. The van der Waals surface area contributed by atoms with Crippen molar-refractivity contribution in [1.29, 1.82) is 0 Å². The van der Waals surface area contributed by atoms with Gasteiger partial charge >= 0.3 is 0 Å². The molecule has 3 aromatic carbocycles. The minimum atomic E-state index is 0.313. The van der Waals surface area contributed by atoms with Gasteiger partial charge in [0.25, 0.3) is 0 Å². The van der Waals surface area contributed by atoms with Crippen LogP contribution in [-0.2, 0) is 6.54 Å². The standard InChI is InChI=1S/C28H32N2O/c1-31-25-14-8-13-24(19-25)26(22-11-6-3-7-12-22)28-27(23-15-17-30(28)18-16-23)29-20-21-9-4-2-5-10-21/h2-14,19,23,26-29H,15-18,20H2,1H3/t26-,27+,28+/m0/s1. The minimum Gasteiger partial charge on any atom is -0.497 e. The number of hydrogen-bond donors (Lipinski definition) is 1. The second-order valence-electron chi connectivity index (χ2n) is 8.92. The molecule has 3 fully saturated rings. The van der Waals surface area contributed by atoms with Crippen molar-refractivity contribution in [2.45, 2.75) is 37.4 Å². The number of piperidine rings is 3. The highest BCUT2D eigenvalue weighted by Crippen LogP contribution is 2.42. The molecule has 0 saturated carbocycles. The summed E-state index contributed by atoms with van der Waals surface area (Å²) in [6.45, 7) is 3.32. The van der Waals surface area contributed by atoms with Crippen molar-refractivity contribution in [3.05, 3.63) is 102 Å². The molecule has 1 N–H and O–H groups in total. The average Bonchev–Trinajstić information content (AvgIpc) is 2.85. The number of methoxy groups -OCH3 is 1. The maximum Gasteiger partial charge on any atom is 0.119 e. The van der Waals surface area contributed by atoms with E-state index in [9.17, 15) is 0 Å². The van der Waals surface area contributed by atoms with Gasteiger partial charge in [0.15, 0.2) is 0 Å². The smallest absolute Gasteiger partial charge is 0.119 e. The Hall–Kier alpha value is -2.62. The summed E-state index contributed by atoms with van der Waals surface area (Å²) in [7, 11) is 1.76. The monoisotopic (exact) mass is 412 g/mol. The van der Waals surface area contributed by atoms with Gasteiger partial charge in [0, 0.05) is 24.5 Å². The highest BCUT2D eigenvalue weighted by Gasteiger charge is 2.46. The molecular weight excluding hydrogens is 380 g/mol. The largest absolute Gasteiger partial charge is 0.497 e. The first-order valence-corrected chi connectivity index (χ1v) is 11.5. The van der Waals surface area contributed by atoms with Crippen molar-refractivity contribution in [2.24, 2.45) is 5.92 Å². The summed E-state index contributed by atoms with van der Waals surface area (Å²) in [4.78, 5) is 2.74. The summed E-state index contributed by atoms with van der Waals surface area (Å²) >= 11 is 0. The zero-order chi connectivity index (χ0) is 21.0. The normalized spacial score (nSPS) is 25.8. The van der Waals surface area contributed by atoms with Crippen LogP contribution in [-0.4, -0.2) is 37.2 Å². The van der Waals surface area contributed by atoms with Crippen molar-refractivity contribution >= 4 is 0 Å². The number of nitrogens with one attached hydrogen (secondary N) is 1. The van der Waals surface area contributed by atoms with Crippen molar-refractivity contribution in [3.8, 4) is 5.75 Å². The molecule has 3 atom stereocenters. The average molecular weight is 413 g/mol. The predicted octanol–water partition coefficient (Wildman–Crippen LogP) is 5.08. The molecule has 6 rings (SSSR count). The zero-order valence-electron chi connectivity index (χ0n) is 18.3. The zero-order valence-corrected chi connectivity index (χ0v) is 18.3. The molecule has 3 aromatic rings. The molecule has 3 aliphatic rings. The summed E-state index contributed by atoms with van der Waals surface area (Å²) in [6.07, 6.45) is 2.59. The Labute approximate surface area is 186 Å². The van der Waals surface area contributed by atoms with Gasteiger partial charge < -0.3 is 10.1 Å². The van der Waals surface area contributed by atoms with Crippen LogP contribution in [0.15, 0.2) is 84.9 Å². The van der Waals surface area contributed by atoms with Crippen LogP contribution in [0.3, 0.4) is 0 Å². The Morgan fingerprint density at radius 2 is 1.55 bits per heavy atom. The number of hydrogen-bond acceptors (Lipinski definition) is 3. The number of rotatable bonds is 7. The van der Waals surface area contributed by atoms with E-state index in [2.05, 4.69) is 89.1 Å². The molecule has 0 spiro atoms.